The van der Waals surface area contributed by atoms with Crippen LogP contribution in [0.1, 0.15) is 13.8 Å². The van der Waals surface area contributed by atoms with Crippen molar-refractivity contribution >= 4 is 23.0 Å². The van der Waals surface area contributed by atoms with Crippen LogP contribution in [-0.4, -0.2) is 23.5 Å². The smallest absolute Gasteiger partial charge is 0.328 e. The third-order valence-corrected chi connectivity index (χ3v) is 2.25. The number of nitrogens with two attached hydrogens (primary N) is 1. The van der Waals surface area contributed by atoms with Crippen LogP contribution in [0.3, 0.4) is 0 Å². The molecule has 0 aliphatic rings. The molecule has 1 aromatic carbocycles. The summed E-state index contributed by atoms with van der Waals surface area (Å²) in [6, 6.07) is 3.64. The van der Waals surface area contributed by atoms with Gasteiger partial charge in [-0.3, -0.25) is 10.1 Å². The fourth-order valence-electron chi connectivity index (χ4n) is 1.39. The van der Waals surface area contributed by atoms with E-state index in [1.807, 2.05) is 0 Å². The molecular formula is C11H15N3O4. The number of carbonyl (C=O) groups excluding carboxylic acids is 1. The highest BCUT2D eigenvalue weighted by Crippen LogP contribution is 2.24. The summed E-state index contributed by atoms with van der Waals surface area (Å²) in [5.41, 5.74) is 5.94. The van der Waals surface area contributed by atoms with Gasteiger partial charge in [-0.1, -0.05) is 0 Å². The summed E-state index contributed by atoms with van der Waals surface area (Å²) < 4.78 is 4.83. The lowest BCUT2D eigenvalue weighted by atomic mass is 10.2. The van der Waals surface area contributed by atoms with E-state index in [9.17, 15) is 14.9 Å². The Morgan fingerprint density at radius 2 is 2.28 bits per heavy atom. The van der Waals surface area contributed by atoms with Crippen molar-refractivity contribution in [3.8, 4) is 0 Å². The van der Waals surface area contributed by atoms with E-state index in [0.29, 0.717) is 12.3 Å². The van der Waals surface area contributed by atoms with Crippen molar-refractivity contribution in [2.75, 3.05) is 17.7 Å². The van der Waals surface area contributed by atoms with Crippen LogP contribution >= 0.6 is 0 Å². The fourth-order valence-corrected chi connectivity index (χ4v) is 1.39. The summed E-state index contributed by atoms with van der Waals surface area (Å²) in [6.07, 6.45) is 0. The van der Waals surface area contributed by atoms with Gasteiger partial charge in [0.2, 0.25) is 0 Å². The number of nitrogen functional groups attached to an aromatic ring is 1. The second-order valence-corrected chi connectivity index (χ2v) is 3.65. The van der Waals surface area contributed by atoms with Crippen LogP contribution < -0.4 is 11.1 Å². The standard InChI is InChI=1S/C11H15N3O4/c1-3-18-11(15)7(2)13-8-4-5-10(14(16)17)9(12)6-8/h4-7,13H,3,12H2,1-2H3. The number of rotatable bonds is 5. The number of benzene rings is 1. The Morgan fingerprint density at radius 1 is 1.61 bits per heavy atom. The molecule has 0 aliphatic carbocycles. The fraction of sp³-hybridized carbons (Fsp3) is 0.364. The first kappa shape index (κ1) is 13.8. The maximum atomic E-state index is 11.4. The average Bonchev–Trinajstić information content (AvgIpc) is 2.28. The molecule has 0 aromatic heterocycles. The van der Waals surface area contributed by atoms with Crippen molar-refractivity contribution in [3.63, 3.8) is 0 Å². The lowest BCUT2D eigenvalue weighted by Crippen LogP contribution is -2.28. The number of carbonyl (C=O) groups is 1. The van der Waals surface area contributed by atoms with Gasteiger partial charge in [0.25, 0.3) is 5.69 Å². The summed E-state index contributed by atoms with van der Waals surface area (Å²) in [6.45, 7) is 3.65. The average molecular weight is 253 g/mol. The molecule has 0 saturated heterocycles. The number of nitrogens with one attached hydrogen (secondary N) is 1. The Labute approximate surface area is 104 Å². The first-order valence-electron chi connectivity index (χ1n) is 5.42. The maximum absolute atomic E-state index is 11.4. The normalized spacial score (nSPS) is 11.7. The van der Waals surface area contributed by atoms with Crippen LogP contribution in [-0.2, 0) is 9.53 Å². The zero-order valence-corrected chi connectivity index (χ0v) is 10.2. The largest absolute Gasteiger partial charge is 0.464 e. The molecule has 0 radical (unpaired) electrons. The maximum Gasteiger partial charge on any atom is 0.328 e. The van der Waals surface area contributed by atoms with Gasteiger partial charge >= 0.3 is 5.97 Å². The predicted octanol–water partition coefficient (Wildman–Crippen LogP) is 1.54. The van der Waals surface area contributed by atoms with Crippen molar-refractivity contribution in [2.45, 2.75) is 19.9 Å². The van der Waals surface area contributed by atoms with Crippen LogP contribution in [0, 0.1) is 10.1 Å². The molecule has 1 aromatic rings. The van der Waals surface area contributed by atoms with Crippen molar-refractivity contribution in [1.82, 2.24) is 0 Å². The summed E-state index contributed by atoms with van der Waals surface area (Å²) in [5, 5.41) is 13.4. The molecule has 1 atom stereocenters. The van der Waals surface area contributed by atoms with Crippen LogP contribution in [0.5, 0.6) is 0 Å². The van der Waals surface area contributed by atoms with Gasteiger partial charge in [0.05, 0.1) is 11.5 Å². The highest BCUT2D eigenvalue weighted by Gasteiger charge is 2.16. The van der Waals surface area contributed by atoms with E-state index in [2.05, 4.69) is 5.32 Å². The molecule has 3 N–H and O–H groups in total. The lowest BCUT2D eigenvalue weighted by Gasteiger charge is -2.14. The molecule has 7 heteroatoms. The zero-order chi connectivity index (χ0) is 13.7. The van der Waals surface area contributed by atoms with E-state index in [1.54, 1.807) is 13.8 Å². The van der Waals surface area contributed by atoms with E-state index >= 15 is 0 Å². The minimum Gasteiger partial charge on any atom is -0.464 e. The number of hydrogen-bond donors (Lipinski definition) is 2. The van der Waals surface area contributed by atoms with Crippen LogP contribution in [0.15, 0.2) is 18.2 Å². The summed E-state index contributed by atoms with van der Waals surface area (Å²) in [7, 11) is 0. The molecular weight excluding hydrogens is 238 g/mol. The Kier molecular flexibility index (Phi) is 4.47. The molecule has 0 aliphatic heterocycles. The lowest BCUT2D eigenvalue weighted by molar-refractivity contribution is -0.383. The molecule has 1 unspecified atom stereocenters. The Bertz CT molecular complexity index is 462. The summed E-state index contributed by atoms with van der Waals surface area (Å²) in [4.78, 5) is 21.4. The molecule has 1 rings (SSSR count). The van der Waals surface area contributed by atoms with Crippen molar-refractivity contribution in [1.29, 1.82) is 0 Å². The molecule has 0 bridgehead atoms. The first-order chi connectivity index (χ1) is 8.45. The Balaban J connectivity index is 2.77. The SMILES string of the molecule is CCOC(=O)C(C)Nc1ccc([N+](=O)[O-])c(N)c1. The summed E-state index contributed by atoms with van der Waals surface area (Å²) >= 11 is 0. The third kappa shape index (κ3) is 3.34. The van der Waals surface area contributed by atoms with Gasteiger partial charge in [-0.25, -0.2) is 4.79 Å². The third-order valence-electron chi connectivity index (χ3n) is 2.25. The second-order valence-electron chi connectivity index (χ2n) is 3.65. The molecule has 0 saturated carbocycles. The molecule has 7 nitrogen and oxygen atoms in total. The van der Waals surface area contributed by atoms with E-state index in [-0.39, 0.29) is 11.4 Å². The highest BCUT2D eigenvalue weighted by molar-refractivity contribution is 5.79. The van der Waals surface area contributed by atoms with Crippen LogP contribution in [0.25, 0.3) is 0 Å². The predicted molar refractivity (Wildman–Crippen MR) is 67.2 cm³/mol. The number of hydrogen-bond acceptors (Lipinski definition) is 6. The number of anilines is 2. The summed E-state index contributed by atoms with van der Waals surface area (Å²) in [5.74, 6) is -0.394. The molecule has 18 heavy (non-hydrogen) atoms. The second kappa shape index (κ2) is 5.85. The molecule has 0 spiro atoms. The van der Waals surface area contributed by atoms with Gasteiger partial charge < -0.3 is 15.8 Å². The van der Waals surface area contributed by atoms with Crippen molar-refractivity contribution < 1.29 is 14.5 Å². The van der Waals surface area contributed by atoms with E-state index in [4.69, 9.17) is 10.5 Å². The minimum absolute atomic E-state index is 0.0426. The van der Waals surface area contributed by atoms with Gasteiger partial charge in [0.1, 0.15) is 11.7 Å². The quantitative estimate of drug-likeness (QED) is 0.356. The number of esters is 1. The number of ether oxygens (including phenoxy) is 1. The van der Waals surface area contributed by atoms with Crippen LogP contribution in [0.4, 0.5) is 17.1 Å². The topological polar surface area (TPSA) is 107 Å². The van der Waals surface area contributed by atoms with E-state index in [0.717, 1.165) is 0 Å². The highest BCUT2D eigenvalue weighted by atomic mass is 16.6. The number of nitrogens with zero attached hydrogens (tertiary/aromatic N) is 1. The van der Waals surface area contributed by atoms with Gasteiger partial charge in [-0.2, -0.15) is 0 Å². The first-order valence-corrected chi connectivity index (χ1v) is 5.42. The minimum atomic E-state index is -0.562. The van der Waals surface area contributed by atoms with Crippen LogP contribution in [0.2, 0.25) is 0 Å². The monoisotopic (exact) mass is 253 g/mol. The molecule has 98 valence electrons. The molecule has 0 heterocycles. The van der Waals surface area contributed by atoms with Gasteiger partial charge in [-0.15, -0.1) is 0 Å². The van der Waals surface area contributed by atoms with Gasteiger partial charge in [0, 0.05) is 11.8 Å². The Morgan fingerprint density at radius 3 is 2.78 bits per heavy atom. The van der Waals surface area contributed by atoms with Gasteiger partial charge in [-0.05, 0) is 26.0 Å². The zero-order valence-electron chi connectivity index (χ0n) is 10.2. The number of nitro benzene ring substituents is 1. The van der Waals surface area contributed by atoms with Gasteiger partial charge in [0.15, 0.2) is 0 Å². The Hall–Kier alpha value is -2.31. The molecule has 0 amide bonds. The number of nitro groups is 1. The van der Waals surface area contributed by atoms with Crippen molar-refractivity contribution in [2.24, 2.45) is 0 Å². The molecule has 0 fully saturated rings. The van der Waals surface area contributed by atoms with E-state index in [1.165, 1.54) is 18.2 Å². The van der Waals surface area contributed by atoms with E-state index < -0.39 is 16.9 Å². The van der Waals surface area contributed by atoms with Crippen molar-refractivity contribution in [3.05, 3.63) is 28.3 Å².